The standard InChI is InChI=1S/C16H21NO3/c1-2-20-12-6-10-16(19)17-15-9-5-8-14(13-15)7-3-4-11-18/h5,8-9,13,18H,2,4,6,10-12H2,1H3,(H,17,19). The number of carbonyl (C=O) groups excluding carboxylic acids is 1. The molecule has 0 aliphatic heterocycles. The molecule has 1 rings (SSSR count). The summed E-state index contributed by atoms with van der Waals surface area (Å²) in [5.74, 6) is 5.77. The summed E-state index contributed by atoms with van der Waals surface area (Å²) in [5, 5.41) is 11.5. The van der Waals surface area contributed by atoms with Crippen LogP contribution in [0.15, 0.2) is 24.3 Å². The maximum atomic E-state index is 11.7. The number of nitrogens with one attached hydrogen (secondary N) is 1. The van der Waals surface area contributed by atoms with Crippen molar-refractivity contribution in [3.05, 3.63) is 29.8 Å². The van der Waals surface area contributed by atoms with E-state index in [1.807, 2.05) is 31.2 Å². The quantitative estimate of drug-likeness (QED) is 0.592. The molecule has 0 aliphatic carbocycles. The summed E-state index contributed by atoms with van der Waals surface area (Å²) in [6.45, 7) is 3.28. The van der Waals surface area contributed by atoms with Gasteiger partial charge in [-0.05, 0) is 31.5 Å². The molecule has 0 fully saturated rings. The van der Waals surface area contributed by atoms with Crippen molar-refractivity contribution in [2.24, 2.45) is 0 Å². The Labute approximate surface area is 120 Å². The SMILES string of the molecule is CCOCCCC(=O)Nc1cccc(C#CCCO)c1. The Morgan fingerprint density at radius 2 is 2.30 bits per heavy atom. The van der Waals surface area contributed by atoms with Crippen molar-refractivity contribution in [1.29, 1.82) is 0 Å². The summed E-state index contributed by atoms with van der Waals surface area (Å²) in [7, 11) is 0. The zero-order valence-electron chi connectivity index (χ0n) is 11.8. The summed E-state index contributed by atoms with van der Waals surface area (Å²) in [6.07, 6.45) is 1.62. The van der Waals surface area contributed by atoms with E-state index in [0.29, 0.717) is 26.1 Å². The van der Waals surface area contributed by atoms with Gasteiger partial charge in [0.25, 0.3) is 0 Å². The molecule has 4 nitrogen and oxygen atoms in total. The molecule has 0 aromatic heterocycles. The van der Waals surface area contributed by atoms with Crippen molar-refractivity contribution in [3.8, 4) is 11.8 Å². The van der Waals surface area contributed by atoms with E-state index in [9.17, 15) is 4.79 Å². The first-order valence-electron chi connectivity index (χ1n) is 6.83. The summed E-state index contributed by atoms with van der Waals surface area (Å²) in [5.41, 5.74) is 1.56. The Balaban J connectivity index is 2.45. The van der Waals surface area contributed by atoms with Crippen LogP contribution in [-0.4, -0.2) is 30.8 Å². The first kappa shape index (κ1) is 16.2. The molecular weight excluding hydrogens is 254 g/mol. The molecule has 0 unspecified atom stereocenters. The second-order valence-corrected chi connectivity index (χ2v) is 4.20. The zero-order chi connectivity index (χ0) is 14.6. The van der Waals surface area contributed by atoms with Crippen LogP contribution in [0.2, 0.25) is 0 Å². The van der Waals surface area contributed by atoms with Gasteiger partial charge in [-0.25, -0.2) is 0 Å². The number of benzene rings is 1. The number of rotatable bonds is 7. The number of ether oxygens (including phenoxy) is 1. The zero-order valence-corrected chi connectivity index (χ0v) is 11.8. The Hall–Kier alpha value is -1.83. The third-order valence-corrected chi connectivity index (χ3v) is 2.51. The number of aliphatic hydroxyl groups excluding tert-OH is 1. The van der Waals surface area contributed by atoms with Gasteiger partial charge in [-0.2, -0.15) is 0 Å². The maximum absolute atomic E-state index is 11.7. The molecule has 4 heteroatoms. The van der Waals surface area contributed by atoms with Gasteiger partial charge in [-0.1, -0.05) is 17.9 Å². The van der Waals surface area contributed by atoms with Gasteiger partial charge in [0.1, 0.15) is 0 Å². The molecule has 0 bridgehead atoms. The van der Waals surface area contributed by atoms with Gasteiger partial charge in [0.2, 0.25) is 5.91 Å². The summed E-state index contributed by atoms with van der Waals surface area (Å²) < 4.78 is 5.19. The van der Waals surface area contributed by atoms with Crippen LogP contribution in [0.5, 0.6) is 0 Å². The third-order valence-electron chi connectivity index (χ3n) is 2.51. The third kappa shape index (κ3) is 6.93. The van der Waals surface area contributed by atoms with Gasteiger partial charge in [-0.3, -0.25) is 4.79 Å². The molecule has 1 amide bonds. The van der Waals surface area contributed by atoms with Crippen molar-refractivity contribution in [2.75, 3.05) is 25.1 Å². The lowest BCUT2D eigenvalue weighted by Crippen LogP contribution is -2.12. The van der Waals surface area contributed by atoms with E-state index in [4.69, 9.17) is 9.84 Å². The highest BCUT2D eigenvalue weighted by molar-refractivity contribution is 5.90. The number of hydrogen-bond donors (Lipinski definition) is 2. The van der Waals surface area contributed by atoms with E-state index in [1.54, 1.807) is 0 Å². The highest BCUT2D eigenvalue weighted by Gasteiger charge is 2.02. The van der Waals surface area contributed by atoms with Gasteiger partial charge >= 0.3 is 0 Å². The van der Waals surface area contributed by atoms with Gasteiger partial charge in [-0.15, -0.1) is 0 Å². The topological polar surface area (TPSA) is 58.6 Å². The Bertz CT molecular complexity index is 474. The van der Waals surface area contributed by atoms with Crippen molar-refractivity contribution >= 4 is 11.6 Å². The second-order valence-electron chi connectivity index (χ2n) is 4.20. The van der Waals surface area contributed by atoms with Crippen LogP contribution in [0, 0.1) is 11.8 Å². The number of carbonyl (C=O) groups is 1. The summed E-state index contributed by atoms with van der Waals surface area (Å²) in [6, 6.07) is 7.37. The van der Waals surface area contributed by atoms with Crippen LogP contribution in [-0.2, 0) is 9.53 Å². The highest BCUT2D eigenvalue weighted by Crippen LogP contribution is 2.10. The van der Waals surface area contributed by atoms with Crippen molar-refractivity contribution in [1.82, 2.24) is 0 Å². The molecule has 0 spiro atoms. The predicted octanol–water partition coefficient (Wildman–Crippen LogP) is 2.18. The van der Waals surface area contributed by atoms with Gasteiger partial charge < -0.3 is 15.2 Å². The molecule has 0 saturated carbocycles. The fourth-order valence-corrected chi connectivity index (χ4v) is 1.60. The van der Waals surface area contributed by atoms with Crippen molar-refractivity contribution < 1.29 is 14.6 Å². The van der Waals surface area contributed by atoms with Crippen LogP contribution < -0.4 is 5.32 Å². The minimum Gasteiger partial charge on any atom is -0.395 e. The molecular formula is C16H21NO3. The number of aliphatic hydroxyl groups is 1. The Morgan fingerprint density at radius 3 is 3.05 bits per heavy atom. The first-order chi connectivity index (χ1) is 9.76. The van der Waals surface area contributed by atoms with Crippen molar-refractivity contribution in [2.45, 2.75) is 26.2 Å². The molecule has 108 valence electrons. The van der Waals surface area contributed by atoms with Crippen LogP contribution in [0.25, 0.3) is 0 Å². The molecule has 0 heterocycles. The lowest BCUT2D eigenvalue weighted by atomic mass is 10.2. The van der Waals surface area contributed by atoms with E-state index < -0.39 is 0 Å². The number of hydrogen-bond acceptors (Lipinski definition) is 3. The normalized spacial score (nSPS) is 9.70. The monoisotopic (exact) mass is 275 g/mol. The summed E-state index contributed by atoms with van der Waals surface area (Å²) in [4.78, 5) is 11.7. The Morgan fingerprint density at radius 1 is 1.45 bits per heavy atom. The average Bonchev–Trinajstić information content (AvgIpc) is 2.44. The lowest BCUT2D eigenvalue weighted by molar-refractivity contribution is -0.116. The summed E-state index contributed by atoms with van der Waals surface area (Å²) >= 11 is 0. The van der Waals surface area contributed by atoms with Crippen LogP contribution >= 0.6 is 0 Å². The average molecular weight is 275 g/mol. The van der Waals surface area contributed by atoms with Gasteiger partial charge in [0, 0.05) is 37.3 Å². The van der Waals surface area contributed by atoms with E-state index >= 15 is 0 Å². The number of anilines is 1. The molecule has 0 aliphatic rings. The Kier molecular flexibility index (Phi) is 8.13. The molecule has 2 N–H and O–H groups in total. The van der Waals surface area contributed by atoms with E-state index in [2.05, 4.69) is 17.2 Å². The first-order valence-corrected chi connectivity index (χ1v) is 6.83. The maximum Gasteiger partial charge on any atom is 0.224 e. The smallest absolute Gasteiger partial charge is 0.224 e. The number of amides is 1. The van der Waals surface area contributed by atoms with E-state index in [-0.39, 0.29) is 12.5 Å². The molecule has 1 aromatic rings. The highest BCUT2D eigenvalue weighted by atomic mass is 16.5. The minimum absolute atomic E-state index is 0.0230. The molecule has 1 aromatic carbocycles. The van der Waals surface area contributed by atoms with E-state index in [1.165, 1.54) is 0 Å². The molecule has 20 heavy (non-hydrogen) atoms. The second kappa shape index (κ2) is 10.0. The largest absolute Gasteiger partial charge is 0.395 e. The minimum atomic E-state index is -0.0230. The molecule has 0 radical (unpaired) electrons. The fourth-order valence-electron chi connectivity index (χ4n) is 1.60. The van der Waals surface area contributed by atoms with Crippen LogP contribution in [0.3, 0.4) is 0 Å². The predicted molar refractivity (Wildman–Crippen MR) is 79.4 cm³/mol. The van der Waals surface area contributed by atoms with Crippen LogP contribution in [0.4, 0.5) is 5.69 Å². The molecule has 0 atom stereocenters. The van der Waals surface area contributed by atoms with Gasteiger partial charge in [0.05, 0.1) is 6.61 Å². The molecule has 0 saturated heterocycles. The van der Waals surface area contributed by atoms with E-state index in [0.717, 1.165) is 17.7 Å². The van der Waals surface area contributed by atoms with Crippen LogP contribution in [0.1, 0.15) is 31.7 Å². The van der Waals surface area contributed by atoms with Crippen molar-refractivity contribution in [3.63, 3.8) is 0 Å². The van der Waals surface area contributed by atoms with Gasteiger partial charge in [0.15, 0.2) is 0 Å². The fraction of sp³-hybridized carbons (Fsp3) is 0.438. The lowest BCUT2D eigenvalue weighted by Gasteiger charge is -2.05.